The fourth-order valence-corrected chi connectivity index (χ4v) is 1.94. The van der Waals surface area contributed by atoms with Gasteiger partial charge < -0.3 is 9.52 Å². The van der Waals surface area contributed by atoms with Gasteiger partial charge in [0, 0.05) is 11.5 Å². The Morgan fingerprint density at radius 2 is 2.06 bits per heavy atom. The number of hydrogen-bond acceptors (Lipinski definition) is 4. The molecule has 17 heavy (non-hydrogen) atoms. The van der Waals surface area contributed by atoms with Gasteiger partial charge >= 0.3 is 5.63 Å². The van der Waals surface area contributed by atoms with E-state index in [0.29, 0.717) is 10.9 Å². The monoisotopic (exact) mass is 252 g/mol. The molecule has 4 nitrogen and oxygen atoms in total. The predicted molar refractivity (Wildman–Crippen MR) is 63.9 cm³/mol. The van der Waals surface area contributed by atoms with Crippen molar-refractivity contribution >= 4 is 28.4 Å². The maximum absolute atomic E-state index is 11.5. The van der Waals surface area contributed by atoms with E-state index < -0.39 is 11.4 Å². The van der Waals surface area contributed by atoms with Crippen LogP contribution in [0, 0.1) is 6.92 Å². The number of aromatic hydroxyl groups is 1. The molecule has 2 rings (SSSR count). The molecule has 1 N–H and O–H groups in total. The Morgan fingerprint density at radius 1 is 1.41 bits per heavy atom. The molecule has 0 aliphatic carbocycles. The van der Waals surface area contributed by atoms with E-state index in [2.05, 4.69) is 0 Å². The van der Waals surface area contributed by atoms with Gasteiger partial charge in [0.2, 0.25) is 0 Å². The van der Waals surface area contributed by atoms with Crippen LogP contribution in [0.2, 0.25) is 5.02 Å². The Kier molecular flexibility index (Phi) is 2.67. The summed E-state index contributed by atoms with van der Waals surface area (Å²) in [6.07, 6.45) is 0. The van der Waals surface area contributed by atoms with Crippen LogP contribution >= 0.6 is 11.6 Å². The Labute approximate surface area is 101 Å². The Balaban J connectivity index is 3.09. The third-order valence-electron chi connectivity index (χ3n) is 2.52. The van der Waals surface area contributed by atoms with Crippen LogP contribution in [0.25, 0.3) is 11.0 Å². The van der Waals surface area contributed by atoms with Crippen molar-refractivity contribution in [1.82, 2.24) is 0 Å². The standard InChI is InChI=1S/C12H9ClO4/c1-5-3-9(15)17-12-7(5)4-8(13)11(16)10(12)6(2)14/h3-4,16H,1-2H3. The van der Waals surface area contributed by atoms with Gasteiger partial charge in [-0.3, -0.25) is 4.79 Å². The highest BCUT2D eigenvalue weighted by molar-refractivity contribution is 6.34. The van der Waals surface area contributed by atoms with Crippen molar-refractivity contribution < 1.29 is 14.3 Å². The molecule has 0 bridgehead atoms. The lowest BCUT2D eigenvalue weighted by molar-refractivity contribution is 0.101. The van der Waals surface area contributed by atoms with Gasteiger partial charge in [-0.25, -0.2) is 4.79 Å². The van der Waals surface area contributed by atoms with E-state index in [-0.39, 0.29) is 21.9 Å². The van der Waals surface area contributed by atoms with Gasteiger partial charge in [-0.05, 0) is 25.5 Å². The van der Waals surface area contributed by atoms with Gasteiger partial charge in [0.05, 0.1) is 5.02 Å². The SMILES string of the molecule is CC(=O)c1c(O)c(Cl)cc2c(C)cc(=O)oc12. The van der Waals surface area contributed by atoms with Crippen molar-refractivity contribution in [2.75, 3.05) is 0 Å². The normalized spacial score (nSPS) is 10.8. The minimum atomic E-state index is -0.570. The number of carbonyl (C=O) groups is 1. The lowest BCUT2D eigenvalue weighted by Crippen LogP contribution is -2.03. The lowest BCUT2D eigenvalue weighted by Gasteiger charge is -2.08. The molecule has 0 saturated heterocycles. The third kappa shape index (κ3) is 1.80. The van der Waals surface area contributed by atoms with Crippen LogP contribution in [0.3, 0.4) is 0 Å². The summed E-state index contributed by atoms with van der Waals surface area (Å²) in [5.41, 5.74) is 0.0811. The van der Waals surface area contributed by atoms with Crippen LogP contribution in [0.15, 0.2) is 21.3 Å². The number of rotatable bonds is 1. The number of carbonyl (C=O) groups excluding carboxylic acids is 1. The number of benzene rings is 1. The molecule has 2 aromatic rings. The highest BCUT2D eigenvalue weighted by atomic mass is 35.5. The topological polar surface area (TPSA) is 67.5 Å². The molecule has 88 valence electrons. The minimum Gasteiger partial charge on any atom is -0.505 e. The van der Waals surface area contributed by atoms with Gasteiger partial charge in [0.1, 0.15) is 11.3 Å². The van der Waals surface area contributed by atoms with Crippen molar-refractivity contribution in [2.45, 2.75) is 13.8 Å². The van der Waals surface area contributed by atoms with Crippen LogP contribution < -0.4 is 5.63 Å². The van der Waals surface area contributed by atoms with E-state index in [1.165, 1.54) is 19.1 Å². The van der Waals surface area contributed by atoms with E-state index >= 15 is 0 Å². The van der Waals surface area contributed by atoms with Gasteiger partial charge in [-0.1, -0.05) is 11.6 Å². The second kappa shape index (κ2) is 3.89. The first-order chi connectivity index (χ1) is 7.91. The Hall–Kier alpha value is -1.81. The number of Topliss-reactive ketones (excluding diaryl/α,β-unsaturated/α-hetero) is 1. The Morgan fingerprint density at radius 3 is 2.65 bits per heavy atom. The van der Waals surface area contributed by atoms with Gasteiger partial charge in [0.15, 0.2) is 11.4 Å². The van der Waals surface area contributed by atoms with Crippen LogP contribution in [0.4, 0.5) is 0 Å². The molecule has 5 heteroatoms. The summed E-state index contributed by atoms with van der Waals surface area (Å²) in [6, 6.07) is 2.77. The van der Waals surface area contributed by atoms with Gasteiger partial charge in [-0.2, -0.15) is 0 Å². The molecule has 1 aromatic carbocycles. The number of phenols is 1. The van der Waals surface area contributed by atoms with Gasteiger partial charge in [-0.15, -0.1) is 0 Å². The summed E-state index contributed by atoms with van der Waals surface area (Å²) in [5.74, 6) is -0.774. The smallest absolute Gasteiger partial charge is 0.336 e. The fraction of sp³-hybridized carbons (Fsp3) is 0.167. The number of fused-ring (bicyclic) bond motifs is 1. The zero-order valence-electron chi connectivity index (χ0n) is 9.20. The lowest BCUT2D eigenvalue weighted by atomic mass is 10.0. The summed E-state index contributed by atoms with van der Waals surface area (Å²) in [4.78, 5) is 22.8. The fourth-order valence-electron chi connectivity index (χ4n) is 1.73. The molecule has 0 radical (unpaired) electrons. The summed E-state index contributed by atoms with van der Waals surface area (Å²) in [6.45, 7) is 2.98. The van der Waals surface area contributed by atoms with E-state index in [4.69, 9.17) is 16.0 Å². The van der Waals surface area contributed by atoms with Crippen LogP contribution in [-0.2, 0) is 0 Å². The molecule has 1 aromatic heterocycles. The molecule has 0 spiro atoms. The van der Waals surface area contributed by atoms with Crippen molar-refractivity contribution in [2.24, 2.45) is 0 Å². The predicted octanol–water partition coefficient (Wildman–Crippen LogP) is 2.66. The van der Waals surface area contributed by atoms with E-state index in [1.54, 1.807) is 6.92 Å². The quantitative estimate of drug-likeness (QED) is 0.626. The van der Waals surface area contributed by atoms with E-state index in [9.17, 15) is 14.7 Å². The van der Waals surface area contributed by atoms with Crippen LogP contribution in [0.1, 0.15) is 22.8 Å². The van der Waals surface area contributed by atoms with E-state index in [1.807, 2.05) is 0 Å². The highest BCUT2D eigenvalue weighted by Crippen LogP contribution is 2.35. The molecular formula is C12H9ClO4. The summed E-state index contributed by atoms with van der Waals surface area (Å²) in [7, 11) is 0. The molecule has 0 aliphatic rings. The molecule has 0 saturated carbocycles. The van der Waals surface area contributed by atoms with Crippen molar-refractivity contribution in [3.63, 3.8) is 0 Å². The number of phenolic OH excluding ortho intramolecular Hbond substituents is 1. The number of hydrogen-bond donors (Lipinski definition) is 1. The van der Waals surface area contributed by atoms with Crippen LogP contribution in [0.5, 0.6) is 5.75 Å². The maximum Gasteiger partial charge on any atom is 0.336 e. The van der Waals surface area contributed by atoms with Crippen LogP contribution in [-0.4, -0.2) is 10.9 Å². The highest BCUT2D eigenvalue weighted by Gasteiger charge is 2.18. The average molecular weight is 253 g/mol. The molecule has 0 aliphatic heterocycles. The molecular weight excluding hydrogens is 244 g/mol. The van der Waals surface area contributed by atoms with Crippen molar-refractivity contribution in [3.8, 4) is 5.75 Å². The van der Waals surface area contributed by atoms with Crippen molar-refractivity contribution in [3.05, 3.63) is 38.7 Å². The van der Waals surface area contributed by atoms with Gasteiger partial charge in [0.25, 0.3) is 0 Å². The molecule has 0 fully saturated rings. The third-order valence-corrected chi connectivity index (χ3v) is 2.81. The first-order valence-corrected chi connectivity index (χ1v) is 5.26. The second-order valence-corrected chi connectivity index (χ2v) is 4.17. The number of ketones is 1. The zero-order valence-corrected chi connectivity index (χ0v) is 9.96. The molecule has 1 heterocycles. The first kappa shape index (κ1) is 11.7. The first-order valence-electron chi connectivity index (χ1n) is 4.88. The largest absolute Gasteiger partial charge is 0.505 e. The number of aryl methyl sites for hydroxylation is 1. The molecule has 0 amide bonds. The second-order valence-electron chi connectivity index (χ2n) is 3.76. The minimum absolute atomic E-state index is 0.0552. The van der Waals surface area contributed by atoms with Crippen molar-refractivity contribution in [1.29, 1.82) is 0 Å². The average Bonchev–Trinajstić information content (AvgIpc) is 2.20. The molecule has 0 unspecified atom stereocenters. The van der Waals surface area contributed by atoms with E-state index in [0.717, 1.165) is 0 Å². The Bertz CT molecular complexity index is 685. The number of halogens is 1. The summed E-state index contributed by atoms with van der Waals surface area (Å²) >= 11 is 5.83. The molecule has 0 atom stereocenters. The summed E-state index contributed by atoms with van der Waals surface area (Å²) in [5, 5.41) is 10.3. The maximum atomic E-state index is 11.5. The zero-order chi connectivity index (χ0) is 12.7. The summed E-state index contributed by atoms with van der Waals surface area (Å²) < 4.78 is 4.98.